The maximum Gasteiger partial charge on any atom is 0.0866 e. The quantitative estimate of drug-likeness (QED) is 0.578. The molecule has 14 heavy (non-hydrogen) atoms. The Morgan fingerprint density at radius 2 is 2.07 bits per heavy atom. The summed E-state index contributed by atoms with van der Waals surface area (Å²) >= 11 is 0. The smallest absolute Gasteiger partial charge is 0.0866 e. The fourth-order valence-corrected chi connectivity index (χ4v) is 2.30. The number of hydrogen-bond donors (Lipinski definition) is 0. The van der Waals surface area contributed by atoms with Gasteiger partial charge in [0.2, 0.25) is 0 Å². The minimum atomic E-state index is 0.584. The molecule has 2 heterocycles. The average Bonchev–Trinajstić information content (AvgIpc) is 2.68. The average molecular weight is 195 g/mol. The summed E-state index contributed by atoms with van der Waals surface area (Å²) in [7, 11) is 0. The maximum absolute atomic E-state index is 8.60. The van der Waals surface area contributed by atoms with E-state index in [1.807, 2.05) is 0 Å². The van der Waals surface area contributed by atoms with E-state index in [9.17, 15) is 0 Å². The molecule has 0 N–H and O–H groups in total. The highest BCUT2D eigenvalue weighted by molar-refractivity contribution is 4.88. The van der Waals surface area contributed by atoms with Crippen molar-refractivity contribution in [3.05, 3.63) is 0 Å². The van der Waals surface area contributed by atoms with Gasteiger partial charge in [0, 0.05) is 32.2 Å². The normalized spacial score (nSPS) is 30.4. The highest BCUT2D eigenvalue weighted by atomic mass is 16.5. The molecule has 2 saturated heterocycles. The molecule has 0 aromatic heterocycles. The van der Waals surface area contributed by atoms with Gasteiger partial charge in [-0.05, 0) is 6.42 Å². The Balaban J connectivity index is 1.79. The van der Waals surface area contributed by atoms with E-state index in [-0.39, 0.29) is 0 Å². The molecule has 1 atom stereocenters. The Kier molecular flexibility index (Phi) is 3.35. The maximum atomic E-state index is 8.60. The summed E-state index contributed by atoms with van der Waals surface area (Å²) in [5, 5.41) is 8.60. The van der Waals surface area contributed by atoms with Crippen LogP contribution in [0.15, 0.2) is 0 Å². The van der Waals surface area contributed by atoms with Crippen LogP contribution in [0.4, 0.5) is 0 Å². The first-order chi connectivity index (χ1) is 6.90. The molecule has 0 saturated carbocycles. The third kappa shape index (κ3) is 2.24. The van der Waals surface area contributed by atoms with Crippen molar-refractivity contribution < 1.29 is 4.74 Å². The third-order valence-electron chi connectivity index (χ3n) is 3.10. The van der Waals surface area contributed by atoms with Gasteiger partial charge in [0.05, 0.1) is 25.8 Å². The first kappa shape index (κ1) is 9.91. The molecule has 0 aromatic carbocycles. The molecule has 2 aliphatic heterocycles. The van der Waals surface area contributed by atoms with Crippen LogP contribution >= 0.6 is 0 Å². The molecule has 0 spiro atoms. The van der Waals surface area contributed by atoms with Gasteiger partial charge in [-0.25, -0.2) is 0 Å². The number of rotatable bonds is 2. The Hall–Kier alpha value is -0.630. The number of morpholine rings is 1. The molecule has 0 amide bonds. The van der Waals surface area contributed by atoms with Gasteiger partial charge >= 0.3 is 0 Å². The van der Waals surface area contributed by atoms with Crippen LogP contribution in [-0.2, 0) is 4.74 Å². The van der Waals surface area contributed by atoms with Crippen molar-refractivity contribution >= 4 is 0 Å². The van der Waals surface area contributed by atoms with E-state index in [1.54, 1.807) is 0 Å². The van der Waals surface area contributed by atoms with Gasteiger partial charge in [0.25, 0.3) is 0 Å². The van der Waals surface area contributed by atoms with Gasteiger partial charge in [0.1, 0.15) is 0 Å². The van der Waals surface area contributed by atoms with Crippen LogP contribution < -0.4 is 0 Å². The van der Waals surface area contributed by atoms with Crippen molar-refractivity contribution in [1.29, 1.82) is 5.26 Å². The predicted molar refractivity (Wildman–Crippen MR) is 52.9 cm³/mol. The van der Waals surface area contributed by atoms with Gasteiger partial charge in [-0.1, -0.05) is 0 Å². The Morgan fingerprint density at radius 3 is 2.79 bits per heavy atom. The van der Waals surface area contributed by atoms with E-state index in [1.165, 1.54) is 6.42 Å². The van der Waals surface area contributed by atoms with E-state index < -0.39 is 0 Å². The lowest BCUT2D eigenvalue weighted by Crippen LogP contribution is -2.44. The lowest BCUT2D eigenvalue weighted by Gasteiger charge is -2.32. The fourth-order valence-electron chi connectivity index (χ4n) is 2.30. The molecule has 4 heteroatoms. The highest BCUT2D eigenvalue weighted by Gasteiger charge is 2.28. The zero-order valence-electron chi connectivity index (χ0n) is 8.48. The number of hydrogen-bond acceptors (Lipinski definition) is 4. The Labute approximate surface area is 85.0 Å². The summed E-state index contributed by atoms with van der Waals surface area (Å²) in [5.74, 6) is 0. The van der Waals surface area contributed by atoms with Gasteiger partial charge in [-0.2, -0.15) is 5.26 Å². The van der Waals surface area contributed by atoms with E-state index in [2.05, 4.69) is 15.9 Å². The summed E-state index contributed by atoms with van der Waals surface area (Å²) in [4.78, 5) is 4.74. The summed E-state index contributed by atoms with van der Waals surface area (Å²) < 4.78 is 5.33. The van der Waals surface area contributed by atoms with Crippen LogP contribution in [0.2, 0.25) is 0 Å². The van der Waals surface area contributed by atoms with Gasteiger partial charge in [0.15, 0.2) is 0 Å². The molecule has 0 aliphatic carbocycles. The fraction of sp³-hybridized carbons (Fsp3) is 0.900. The second kappa shape index (κ2) is 4.74. The van der Waals surface area contributed by atoms with Crippen molar-refractivity contribution in [3.8, 4) is 6.07 Å². The zero-order valence-corrected chi connectivity index (χ0v) is 8.48. The van der Waals surface area contributed by atoms with Crippen LogP contribution in [0, 0.1) is 11.3 Å². The molecule has 2 aliphatic rings. The van der Waals surface area contributed by atoms with E-state index in [0.29, 0.717) is 12.6 Å². The van der Waals surface area contributed by atoms with Crippen LogP contribution in [0.5, 0.6) is 0 Å². The van der Waals surface area contributed by atoms with Crippen LogP contribution in [0.1, 0.15) is 6.42 Å². The molecule has 0 aromatic rings. The molecule has 4 nitrogen and oxygen atoms in total. The number of likely N-dealkylation sites (tertiary alicyclic amines) is 1. The molecule has 2 fully saturated rings. The Morgan fingerprint density at radius 1 is 1.29 bits per heavy atom. The van der Waals surface area contributed by atoms with Crippen LogP contribution in [-0.4, -0.2) is 61.8 Å². The molecule has 78 valence electrons. The third-order valence-corrected chi connectivity index (χ3v) is 3.10. The number of nitrogens with zero attached hydrogens (tertiary/aromatic N) is 3. The molecule has 0 radical (unpaired) electrons. The van der Waals surface area contributed by atoms with Crippen molar-refractivity contribution in [2.75, 3.05) is 45.9 Å². The number of ether oxygens (including phenoxy) is 1. The molecule has 1 unspecified atom stereocenters. The highest BCUT2D eigenvalue weighted by Crippen LogP contribution is 2.16. The molecule has 2 rings (SSSR count). The summed E-state index contributed by atoms with van der Waals surface area (Å²) in [5.41, 5.74) is 0. The first-order valence-corrected chi connectivity index (χ1v) is 5.31. The molecular formula is C10H17N3O. The van der Waals surface area contributed by atoms with Crippen molar-refractivity contribution in [1.82, 2.24) is 9.80 Å². The molecule has 0 bridgehead atoms. The second-order valence-corrected chi connectivity index (χ2v) is 3.98. The van der Waals surface area contributed by atoms with Crippen LogP contribution in [0.3, 0.4) is 0 Å². The second-order valence-electron chi connectivity index (χ2n) is 3.98. The SMILES string of the molecule is N#CCN1CCC(N2CCOCC2)C1. The predicted octanol–water partition coefficient (Wildman–Crippen LogP) is -0.0835. The van der Waals surface area contributed by atoms with E-state index >= 15 is 0 Å². The largest absolute Gasteiger partial charge is 0.379 e. The minimum absolute atomic E-state index is 0.584. The van der Waals surface area contributed by atoms with Gasteiger partial charge < -0.3 is 4.74 Å². The van der Waals surface area contributed by atoms with E-state index in [4.69, 9.17) is 10.00 Å². The summed E-state index contributed by atoms with van der Waals surface area (Å²) in [6, 6.07) is 2.88. The lowest BCUT2D eigenvalue weighted by molar-refractivity contribution is 0.0187. The van der Waals surface area contributed by atoms with E-state index in [0.717, 1.165) is 39.4 Å². The van der Waals surface area contributed by atoms with Crippen molar-refractivity contribution in [2.45, 2.75) is 12.5 Å². The number of nitriles is 1. The standard InChI is InChI=1S/C10H17N3O/c11-2-4-12-3-1-10(9-12)13-5-7-14-8-6-13/h10H,1,3-9H2. The zero-order chi connectivity index (χ0) is 9.80. The first-order valence-electron chi connectivity index (χ1n) is 5.31. The lowest BCUT2D eigenvalue weighted by atomic mass is 10.2. The Bertz CT molecular complexity index is 220. The minimum Gasteiger partial charge on any atom is -0.379 e. The van der Waals surface area contributed by atoms with Gasteiger partial charge in [-0.3, -0.25) is 9.80 Å². The summed E-state index contributed by atoms with van der Waals surface area (Å²) in [6.45, 7) is 6.59. The monoisotopic (exact) mass is 195 g/mol. The van der Waals surface area contributed by atoms with Crippen molar-refractivity contribution in [2.24, 2.45) is 0 Å². The molecular weight excluding hydrogens is 178 g/mol. The topological polar surface area (TPSA) is 39.5 Å². The summed E-state index contributed by atoms with van der Waals surface area (Å²) in [6.07, 6.45) is 1.21. The van der Waals surface area contributed by atoms with Crippen LogP contribution in [0.25, 0.3) is 0 Å². The van der Waals surface area contributed by atoms with Crippen molar-refractivity contribution in [3.63, 3.8) is 0 Å². The van der Waals surface area contributed by atoms with Gasteiger partial charge in [-0.15, -0.1) is 0 Å².